The van der Waals surface area contributed by atoms with Crippen LogP contribution in [0.4, 0.5) is 5.13 Å². The highest BCUT2D eigenvalue weighted by Gasteiger charge is 2.34. The molecule has 8 nitrogen and oxygen atoms in total. The lowest BCUT2D eigenvalue weighted by molar-refractivity contribution is 0.0763. The van der Waals surface area contributed by atoms with Crippen molar-refractivity contribution in [1.29, 1.82) is 0 Å². The zero-order valence-corrected chi connectivity index (χ0v) is 15.6. The number of carbonyl (C=O) groups excluding carboxylic acids is 1. The van der Waals surface area contributed by atoms with Crippen LogP contribution in [0.2, 0.25) is 0 Å². The fraction of sp³-hybridized carbons (Fsp3) is 0.400. The SMILES string of the molecule is Cc1cc(OC2CN(S(C)(=O)=O)C2)cc(C(=O)Nc2nc(C)cs2)n1. The molecule has 3 rings (SSSR count). The van der Waals surface area contributed by atoms with Crippen molar-refractivity contribution in [2.75, 3.05) is 24.7 Å². The number of nitrogens with one attached hydrogen (secondary N) is 1. The Morgan fingerprint density at radius 1 is 1.28 bits per heavy atom. The lowest BCUT2D eigenvalue weighted by Crippen LogP contribution is -2.55. The highest BCUT2D eigenvalue weighted by atomic mass is 32.2. The van der Waals surface area contributed by atoms with Crippen molar-refractivity contribution >= 4 is 32.4 Å². The third-order valence-corrected chi connectivity index (χ3v) is 5.70. The van der Waals surface area contributed by atoms with Crippen LogP contribution in [0.3, 0.4) is 0 Å². The molecular formula is C15H18N4O4S2. The molecule has 3 heterocycles. The van der Waals surface area contributed by atoms with Crippen molar-refractivity contribution < 1.29 is 17.9 Å². The Morgan fingerprint density at radius 3 is 2.60 bits per heavy atom. The number of aryl methyl sites for hydroxylation is 2. The van der Waals surface area contributed by atoms with Gasteiger partial charge in [-0.3, -0.25) is 10.1 Å². The number of rotatable bonds is 5. The fourth-order valence-corrected chi connectivity index (χ4v) is 3.89. The Hall–Kier alpha value is -2.04. The van der Waals surface area contributed by atoms with Gasteiger partial charge in [0.15, 0.2) is 5.13 Å². The predicted molar refractivity (Wildman–Crippen MR) is 94.6 cm³/mol. The maximum Gasteiger partial charge on any atom is 0.276 e. The second-order valence-electron chi connectivity index (χ2n) is 5.90. The Kier molecular flexibility index (Phi) is 4.76. The van der Waals surface area contributed by atoms with Crippen molar-refractivity contribution in [3.63, 3.8) is 0 Å². The van der Waals surface area contributed by atoms with E-state index < -0.39 is 10.0 Å². The summed E-state index contributed by atoms with van der Waals surface area (Å²) in [5.74, 6) is 0.125. The van der Waals surface area contributed by atoms with Gasteiger partial charge >= 0.3 is 0 Å². The summed E-state index contributed by atoms with van der Waals surface area (Å²) in [6.07, 6.45) is 0.941. The number of hydrogen-bond donors (Lipinski definition) is 1. The molecule has 25 heavy (non-hydrogen) atoms. The minimum atomic E-state index is -3.18. The van der Waals surface area contributed by atoms with Gasteiger partial charge in [0.2, 0.25) is 10.0 Å². The number of sulfonamides is 1. The molecule has 134 valence electrons. The van der Waals surface area contributed by atoms with Crippen LogP contribution in [-0.2, 0) is 10.0 Å². The number of nitrogens with zero attached hydrogens (tertiary/aromatic N) is 3. The molecule has 10 heteroatoms. The van der Waals surface area contributed by atoms with Crippen molar-refractivity contribution in [3.05, 3.63) is 34.6 Å². The topological polar surface area (TPSA) is 101 Å². The minimum absolute atomic E-state index is 0.224. The molecule has 0 radical (unpaired) electrons. The van der Waals surface area contributed by atoms with Crippen molar-refractivity contribution in [1.82, 2.24) is 14.3 Å². The Balaban J connectivity index is 1.67. The minimum Gasteiger partial charge on any atom is -0.488 e. The Morgan fingerprint density at radius 2 is 2.00 bits per heavy atom. The molecule has 1 aliphatic heterocycles. The van der Waals surface area contributed by atoms with E-state index in [0.717, 1.165) is 5.69 Å². The molecule has 1 aliphatic rings. The molecule has 2 aromatic rings. The molecule has 2 aromatic heterocycles. The van der Waals surface area contributed by atoms with E-state index in [9.17, 15) is 13.2 Å². The number of pyridine rings is 1. The van der Waals surface area contributed by atoms with Crippen LogP contribution < -0.4 is 10.1 Å². The van der Waals surface area contributed by atoms with Crippen molar-refractivity contribution in [2.45, 2.75) is 20.0 Å². The second kappa shape index (κ2) is 6.70. The number of ether oxygens (including phenoxy) is 1. The van der Waals surface area contributed by atoms with Crippen molar-refractivity contribution in [2.24, 2.45) is 0 Å². The molecule has 1 N–H and O–H groups in total. The number of aromatic nitrogens is 2. The predicted octanol–water partition coefficient (Wildman–Crippen LogP) is 1.43. The summed E-state index contributed by atoms with van der Waals surface area (Å²) in [6, 6.07) is 3.26. The molecule has 0 spiro atoms. The molecule has 0 atom stereocenters. The molecule has 0 aliphatic carbocycles. The van der Waals surface area contributed by atoms with Crippen LogP contribution in [0.5, 0.6) is 5.75 Å². The van der Waals surface area contributed by atoms with Crippen molar-refractivity contribution in [3.8, 4) is 5.75 Å². The maximum absolute atomic E-state index is 12.3. The van der Waals surface area contributed by atoms with Gasteiger partial charge in [-0.15, -0.1) is 11.3 Å². The van der Waals surface area contributed by atoms with Crippen LogP contribution in [0.15, 0.2) is 17.5 Å². The average molecular weight is 382 g/mol. The Labute approximate surface area is 149 Å². The van der Waals surface area contributed by atoms with Gasteiger partial charge in [0.05, 0.1) is 25.0 Å². The number of carbonyl (C=O) groups is 1. The first kappa shape index (κ1) is 17.8. The van der Waals surface area contributed by atoms with E-state index in [4.69, 9.17) is 4.74 Å². The van der Waals surface area contributed by atoms with Crippen LogP contribution in [0.25, 0.3) is 0 Å². The number of anilines is 1. The van der Waals surface area contributed by atoms with E-state index >= 15 is 0 Å². The first-order valence-electron chi connectivity index (χ1n) is 7.54. The Bertz CT molecular complexity index is 904. The quantitative estimate of drug-likeness (QED) is 0.839. The van der Waals surface area contributed by atoms with Gasteiger partial charge in [0.1, 0.15) is 17.5 Å². The van der Waals surface area contributed by atoms with E-state index in [2.05, 4.69) is 15.3 Å². The lowest BCUT2D eigenvalue weighted by atomic mass is 10.2. The monoisotopic (exact) mass is 382 g/mol. The molecule has 0 unspecified atom stereocenters. The summed E-state index contributed by atoms with van der Waals surface area (Å²) >= 11 is 1.34. The smallest absolute Gasteiger partial charge is 0.276 e. The zero-order chi connectivity index (χ0) is 18.2. The summed E-state index contributed by atoms with van der Waals surface area (Å²) in [5, 5.41) is 5.06. The van der Waals surface area contributed by atoms with Gasteiger partial charge in [0, 0.05) is 23.2 Å². The molecule has 0 bridgehead atoms. The van der Waals surface area contributed by atoms with Gasteiger partial charge in [0.25, 0.3) is 5.91 Å². The third-order valence-electron chi connectivity index (χ3n) is 3.59. The molecule has 0 aromatic carbocycles. The normalized spacial score (nSPS) is 15.6. The molecule has 1 fully saturated rings. The highest BCUT2D eigenvalue weighted by molar-refractivity contribution is 7.88. The van der Waals surface area contributed by atoms with Crippen LogP contribution in [0.1, 0.15) is 21.9 Å². The summed E-state index contributed by atoms with van der Waals surface area (Å²) < 4.78 is 29.9. The number of amides is 1. The summed E-state index contributed by atoms with van der Waals surface area (Å²) in [6.45, 7) is 4.22. The van der Waals surface area contributed by atoms with E-state index in [0.29, 0.717) is 29.7 Å². The molecular weight excluding hydrogens is 364 g/mol. The maximum atomic E-state index is 12.3. The van der Waals surface area contributed by atoms with Gasteiger partial charge < -0.3 is 4.74 Å². The number of hydrogen-bond acceptors (Lipinski definition) is 7. The van der Waals surface area contributed by atoms with Gasteiger partial charge in [-0.25, -0.2) is 18.4 Å². The summed E-state index contributed by atoms with van der Waals surface area (Å²) in [5.41, 5.74) is 1.70. The van der Waals surface area contributed by atoms with E-state index in [1.54, 1.807) is 19.1 Å². The van der Waals surface area contributed by atoms with Gasteiger partial charge in [-0.2, -0.15) is 4.31 Å². The second-order valence-corrected chi connectivity index (χ2v) is 8.74. The largest absolute Gasteiger partial charge is 0.488 e. The molecule has 1 saturated heterocycles. The van der Waals surface area contributed by atoms with Crippen LogP contribution in [-0.4, -0.2) is 54.0 Å². The molecule has 0 saturated carbocycles. The summed E-state index contributed by atoms with van der Waals surface area (Å²) in [4.78, 5) is 20.7. The van der Waals surface area contributed by atoms with Crippen LogP contribution >= 0.6 is 11.3 Å². The van der Waals surface area contributed by atoms with Gasteiger partial charge in [-0.1, -0.05) is 0 Å². The fourth-order valence-electron chi connectivity index (χ4n) is 2.33. The van der Waals surface area contributed by atoms with E-state index in [-0.39, 0.29) is 17.7 Å². The molecule has 1 amide bonds. The standard InChI is InChI=1S/C15H18N4O4S2/c1-9-4-11(23-12-6-19(7-12)25(3,21)22)5-13(16-9)14(20)18-15-17-10(2)8-24-15/h4-5,8,12H,6-7H2,1-3H3,(H,17,18,20). The first-order chi connectivity index (χ1) is 11.7. The zero-order valence-electron chi connectivity index (χ0n) is 14.0. The van der Waals surface area contributed by atoms with Gasteiger partial charge in [-0.05, 0) is 13.8 Å². The average Bonchev–Trinajstić information content (AvgIpc) is 2.85. The van der Waals surface area contributed by atoms with Crippen LogP contribution in [0, 0.1) is 13.8 Å². The highest BCUT2D eigenvalue weighted by Crippen LogP contribution is 2.22. The first-order valence-corrected chi connectivity index (χ1v) is 10.3. The lowest BCUT2D eigenvalue weighted by Gasteiger charge is -2.36. The third kappa shape index (κ3) is 4.33. The number of thiazole rings is 1. The van der Waals surface area contributed by atoms with E-state index in [1.807, 2.05) is 12.3 Å². The summed E-state index contributed by atoms with van der Waals surface area (Å²) in [7, 11) is -3.18. The van der Waals surface area contributed by atoms with E-state index in [1.165, 1.54) is 21.9 Å².